The average Bonchev–Trinajstić information content (AvgIpc) is 2.70. The molecular formula is C21H16ClF3N2O3S. The van der Waals surface area contributed by atoms with Crippen LogP contribution in [0.2, 0.25) is 5.02 Å². The third-order valence-corrected chi connectivity index (χ3v) is 6.03. The Kier molecular flexibility index (Phi) is 6.28. The molecule has 2 N–H and O–H groups in total. The average molecular weight is 469 g/mol. The molecule has 0 aliphatic rings. The van der Waals surface area contributed by atoms with Crippen molar-refractivity contribution in [2.24, 2.45) is 0 Å². The molecule has 0 spiro atoms. The Labute approximate surface area is 181 Å². The molecule has 0 unspecified atom stereocenters. The van der Waals surface area contributed by atoms with Gasteiger partial charge in [0.15, 0.2) is 0 Å². The third-order valence-electron chi connectivity index (χ3n) is 4.32. The summed E-state index contributed by atoms with van der Waals surface area (Å²) in [6, 6.07) is 15.0. The smallest absolute Gasteiger partial charge is 0.322 e. The van der Waals surface area contributed by atoms with Crippen molar-refractivity contribution in [2.75, 3.05) is 10.0 Å². The Morgan fingerprint density at radius 3 is 2.26 bits per heavy atom. The largest absolute Gasteiger partial charge is 0.417 e. The minimum atomic E-state index is -4.66. The van der Waals surface area contributed by atoms with Gasteiger partial charge in [0.05, 0.1) is 21.2 Å². The van der Waals surface area contributed by atoms with Gasteiger partial charge in [0, 0.05) is 11.3 Å². The number of aryl methyl sites for hydroxylation is 1. The standard InChI is InChI=1S/C21H16ClF3N2O3S/c1-13-11-14(7-10-19(13)27-31(29,30)16-5-3-2-4-6-16)20(28)26-15-8-9-18(22)17(12-15)21(23,24)25/h2-12,27H,1H3,(H,26,28). The Hall–Kier alpha value is -3.04. The van der Waals surface area contributed by atoms with Crippen molar-refractivity contribution in [3.05, 3.63) is 88.4 Å². The second-order valence-corrected chi connectivity index (χ2v) is 8.68. The number of anilines is 2. The monoisotopic (exact) mass is 468 g/mol. The van der Waals surface area contributed by atoms with Crippen molar-refractivity contribution in [1.82, 2.24) is 0 Å². The summed E-state index contributed by atoms with van der Waals surface area (Å²) in [6.07, 6.45) is -4.66. The van der Waals surface area contributed by atoms with Crippen LogP contribution in [0.4, 0.5) is 24.5 Å². The predicted molar refractivity (Wildman–Crippen MR) is 113 cm³/mol. The number of sulfonamides is 1. The van der Waals surface area contributed by atoms with Gasteiger partial charge in [-0.2, -0.15) is 13.2 Å². The fourth-order valence-electron chi connectivity index (χ4n) is 2.75. The van der Waals surface area contributed by atoms with Crippen LogP contribution in [0.25, 0.3) is 0 Å². The first kappa shape index (κ1) is 22.6. The van der Waals surface area contributed by atoms with Gasteiger partial charge in [-0.25, -0.2) is 8.42 Å². The normalized spacial score (nSPS) is 11.8. The number of halogens is 4. The van der Waals surface area contributed by atoms with Gasteiger partial charge in [0.1, 0.15) is 0 Å². The molecule has 1 amide bonds. The molecule has 162 valence electrons. The highest BCUT2D eigenvalue weighted by atomic mass is 35.5. The maximum Gasteiger partial charge on any atom is 0.417 e. The number of hydrogen-bond acceptors (Lipinski definition) is 3. The molecule has 3 rings (SSSR count). The van der Waals surface area contributed by atoms with Gasteiger partial charge < -0.3 is 5.32 Å². The van der Waals surface area contributed by atoms with Crippen LogP contribution < -0.4 is 10.0 Å². The van der Waals surface area contributed by atoms with Crippen LogP contribution in [0.3, 0.4) is 0 Å². The predicted octanol–water partition coefficient (Wildman–Crippen LogP) is 5.72. The summed E-state index contributed by atoms with van der Waals surface area (Å²) in [5.74, 6) is -0.656. The summed E-state index contributed by atoms with van der Waals surface area (Å²) in [5.41, 5.74) is -0.267. The number of benzene rings is 3. The zero-order chi connectivity index (χ0) is 22.8. The van der Waals surface area contributed by atoms with E-state index in [2.05, 4.69) is 10.0 Å². The van der Waals surface area contributed by atoms with Crippen LogP contribution in [-0.4, -0.2) is 14.3 Å². The molecule has 0 atom stereocenters. The lowest BCUT2D eigenvalue weighted by Gasteiger charge is -2.13. The second-order valence-electron chi connectivity index (χ2n) is 6.59. The van der Waals surface area contributed by atoms with Crippen molar-refractivity contribution < 1.29 is 26.4 Å². The number of rotatable bonds is 5. The highest BCUT2D eigenvalue weighted by Gasteiger charge is 2.33. The number of alkyl halides is 3. The van der Waals surface area contributed by atoms with Gasteiger partial charge in [-0.1, -0.05) is 29.8 Å². The molecule has 31 heavy (non-hydrogen) atoms. The molecule has 0 aliphatic carbocycles. The van der Waals surface area contributed by atoms with Gasteiger partial charge in [0.25, 0.3) is 15.9 Å². The Morgan fingerprint density at radius 1 is 0.968 bits per heavy atom. The summed E-state index contributed by atoms with van der Waals surface area (Å²) in [5, 5.41) is 1.91. The van der Waals surface area contributed by atoms with Crippen molar-refractivity contribution in [3.8, 4) is 0 Å². The molecule has 0 aromatic heterocycles. The van der Waals surface area contributed by atoms with Crippen LogP contribution in [0.15, 0.2) is 71.6 Å². The molecule has 10 heteroatoms. The first-order valence-electron chi connectivity index (χ1n) is 8.84. The SMILES string of the molecule is Cc1cc(C(=O)Nc2ccc(Cl)c(C(F)(F)F)c2)ccc1NS(=O)(=O)c1ccccc1. The van der Waals surface area contributed by atoms with Gasteiger partial charge >= 0.3 is 6.18 Å². The maximum absolute atomic E-state index is 13.0. The van der Waals surface area contributed by atoms with Gasteiger partial charge in [-0.15, -0.1) is 0 Å². The Bertz CT molecular complexity index is 1230. The lowest BCUT2D eigenvalue weighted by atomic mass is 10.1. The van der Waals surface area contributed by atoms with E-state index >= 15 is 0 Å². The topological polar surface area (TPSA) is 75.3 Å². The highest BCUT2D eigenvalue weighted by molar-refractivity contribution is 7.92. The third kappa shape index (κ3) is 5.36. The van der Waals surface area contributed by atoms with E-state index in [1.54, 1.807) is 25.1 Å². The van der Waals surface area contributed by atoms with Crippen molar-refractivity contribution in [1.29, 1.82) is 0 Å². The summed E-state index contributed by atoms with van der Waals surface area (Å²) >= 11 is 5.58. The molecule has 0 saturated heterocycles. The van der Waals surface area contributed by atoms with Crippen molar-refractivity contribution in [3.63, 3.8) is 0 Å². The van der Waals surface area contributed by atoms with E-state index in [0.29, 0.717) is 5.56 Å². The number of hydrogen-bond donors (Lipinski definition) is 2. The van der Waals surface area contributed by atoms with Gasteiger partial charge in [-0.05, 0) is 61.0 Å². The van der Waals surface area contributed by atoms with E-state index in [1.807, 2.05) is 0 Å². The van der Waals surface area contributed by atoms with E-state index in [9.17, 15) is 26.4 Å². The minimum Gasteiger partial charge on any atom is -0.322 e. The summed E-state index contributed by atoms with van der Waals surface area (Å²) in [6.45, 7) is 1.60. The molecule has 0 bridgehead atoms. The Balaban J connectivity index is 1.79. The van der Waals surface area contributed by atoms with E-state index in [-0.39, 0.29) is 21.8 Å². The summed E-state index contributed by atoms with van der Waals surface area (Å²) < 4.78 is 66.3. The van der Waals surface area contributed by atoms with E-state index in [1.165, 1.54) is 36.4 Å². The fourth-order valence-corrected chi connectivity index (χ4v) is 4.12. The van der Waals surface area contributed by atoms with E-state index in [0.717, 1.165) is 12.1 Å². The molecule has 0 heterocycles. The number of amides is 1. The van der Waals surface area contributed by atoms with Crippen LogP contribution in [0.1, 0.15) is 21.5 Å². The van der Waals surface area contributed by atoms with Gasteiger partial charge in [-0.3, -0.25) is 9.52 Å². The van der Waals surface area contributed by atoms with Crippen LogP contribution in [0, 0.1) is 6.92 Å². The summed E-state index contributed by atoms with van der Waals surface area (Å²) in [7, 11) is -3.81. The van der Waals surface area contributed by atoms with Gasteiger partial charge in [0.2, 0.25) is 0 Å². The zero-order valence-electron chi connectivity index (χ0n) is 16.0. The molecule has 0 aliphatic heterocycles. The van der Waals surface area contributed by atoms with E-state index < -0.39 is 32.7 Å². The minimum absolute atomic E-state index is 0.0757. The molecule has 0 fully saturated rings. The van der Waals surface area contributed by atoms with Crippen molar-refractivity contribution in [2.45, 2.75) is 18.0 Å². The number of carbonyl (C=O) groups excluding carboxylic acids is 1. The molecular weight excluding hydrogens is 453 g/mol. The second kappa shape index (κ2) is 8.60. The van der Waals surface area contributed by atoms with Crippen LogP contribution >= 0.6 is 11.6 Å². The number of carbonyl (C=O) groups is 1. The lowest BCUT2D eigenvalue weighted by molar-refractivity contribution is -0.137. The zero-order valence-corrected chi connectivity index (χ0v) is 17.6. The lowest BCUT2D eigenvalue weighted by Crippen LogP contribution is -2.16. The Morgan fingerprint density at radius 2 is 1.65 bits per heavy atom. The molecule has 0 saturated carbocycles. The first-order valence-corrected chi connectivity index (χ1v) is 10.7. The van der Waals surface area contributed by atoms with Crippen LogP contribution in [-0.2, 0) is 16.2 Å². The van der Waals surface area contributed by atoms with Crippen LogP contribution in [0.5, 0.6) is 0 Å². The molecule has 3 aromatic rings. The highest BCUT2D eigenvalue weighted by Crippen LogP contribution is 2.36. The molecule has 5 nitrogen and oxygen atoms in total. The fraction of sp³-hybridized carbons (Fsp3) is 0.0952. The summed E-state index contributed by atoms with van der Waals surface area (Å²) in [4.78, 5) is 12.5. The first-order chi connectivity index (χ1) is 14.5. The quantitative estimate of drug-likeness (QED) is 0.503. The number of nitrogens with one attached hydrogen (secondary N) is 2. The van der Waals surface area contributed by atoms with Crippen molar-refractivity contribution >= 4 is 38.9 Å². The molecule has 3 aromatic carbocycles. The van der Waals surface area contributed by atoms with E-state index in [4.69, 9.17) is 11.6 Å². The maximum atomic E-state index is 13.0. The molecule has 0 radical (unpaired) electrons.